The number of carbonyl (C=O) groups excluding carboxylic acids is 1. The minimum Gasteiger partial charge on any atom is -0.384 e. The van der Waals surface area contributed by atoms with Crippen LogP contribution in [0.25, 0.3) is 0 Å². The monoisotopic (exact) mass is 262 g/mol. The van der Waals surface area contributed by atoms with Crippen LogP contribution in [0.1, 0.15) is 25.7 Å². The Labute approximate surface area is 109 Å². The normalized spacial score (nSPS) is 28.9. The summed E-state index contributed by atoms with van der Waals surface area (Å²) in [6.45, 7) is 3.58. The largest absolute Gasteiger partial charge is 0.384 e. The zero-order valence-corrected chi connectivity index (χ0v) is 11.3. The molecule has 1 N–H and O–H groups in total. The highest BCUT2D eigenvalue weighted by molar-refractivity contribution is 5.85. The molecule has 4 nitrogen and oxygen atoms in total. The Morgan fingerprint density at radius 2 is 2.24 bits per heavy atom. The van der Waals surface area contributed by atoms with Crippen LogP contribution >= 0.6 is 12.4 Å². The number of carbonyl (C=O) groups is 1. The molecule has 0 aliphatic carbocycles. The minimum atomic E-state index is 0. The van der Waals surface area contributed by atoms with Gasteiger partial charge in [0.05, 0.1) is 12.6 Å². The van der Waals surface area contributed by atoms with E-state index in [0.717, 1.165) is 45.5 Å². The van der Waals surface area contributed by atoms with Crippen molar-refractivity contribution in [3.63, 3.8) is 0 Å². The van der Waals surface area contributed by atoms with E-state index in [1.165, 1.54) is 6.42 Å². The number of ether oxygens (including phenoxy) is 1. The lowest BCUT2D eigenvalue weighted by Crippen LogP contribution is -2.48. The first kappa shape index (κ1) is 14.7. The average molecular weight is 263 g/mol. The molecule has 17 heavy (non-hydrogen) atoms. The van der Waals surface area contributed by atoms with E-state index in [4.69, 9.17) is 4.74 Å². The third-order valence-corrected chi connectivity index (χ3v) is 3.59. The molecule has 2 atom stereocenters. The Hall–Kier alpha value is -0.320. The summed E-state index contributed by atoms with van der Waals surface area (Å²) < 4.78 is 5.18. The van der Waals surface area contributed by atoms with Crippen LogP contribution in [0.4, 0.5) is 0 Å². The lowest BCUT2D eigenvalue weighted by atomic mass is 9.98. The highest BCUT2D eigenvalue weighted by Gasteiger charge is 2.30. The van der Waals surface area contributed by atoms with Gasteiger partial charge in [0.25, 0.3) is 0 Å². The molecular weight excluding hydrogens is 240 g/mol. The SMILES string of the molecule is COCC1CCCN(C(=O)C2CCCN2)C1.Cl. The van der Waals surface area contributed by atoms with Gasteiger partial charge in [0, 0.05) is 20.2 Å². The molecule has 2 heterocycles. The van der Waals surface area contributed by atoms with Crippen molar-refractivity contribution in [3.05, 3.63) is 0 Å². The number of amides is 1. The summed E-state index contributed by atoms with van der Waals surface area (Å²) in [4.78, 5) is 14.2. The Kier molecular flexibility index (Phi) is 6.23. The van der Waals surface area contributed by atoms with E-state index in [2.05, 4.69) is 5.32 Å². The standard InChI is InChI=1S/C12H22N2O2.ClH/c1-16-9-10-4-3-7-14(8-10)12(15)11-5-2-6-13-11;/h10-11,13H,2-9H2,1H3;1H. The van der Waals surface area contributed by atoms with Crippen LogP contribution in [0.5, 0.6) is 0 Å². The number of piperidine rings is 1. The highest BCUT2D eigenvalue weighted by atomic mass is 35.5. The smallest absolute Gasteiger partial charge is 0.239 e. The molecule has 100 valence electrons. The van der Waals surface area contributed by atoms with Crippen LogP contribution < -0.4 is 5.32 Å². The maximum atomic E-state index is 12.2. The van der Waals surface area contributed by atoms with Gasteiger partial charge in [-0.15, -0.1) is 12.4 Å². The van der Waals surface area contributed by atoms with Gasteiger partial charge in [0.1, 0.15) is 0 Å². The number of nitrogens with zero attached hydrogens (tertiary/aromatic N) is 1. The number of hydrogen-bond acceptors (Lipinski definition) is 3. The highest BCUT2D eigenvalue weighted by Crippen LogP contribution is 2.19. The fourth-order valence-corrected chi connectivity index (χ4v) is 2.75. The van der Waals surface area contributed by atoms with Crippen LogP contribution in [-0.2, 0) is 9.53 Å². The molecule has 0 saturated carbocycles. The topological polar surface area (TPSA) is 41.6 Å². The molecule has 5 heteroatoms. The van der Waals surface area contributed by atoms with Crippen molar-refractivity contribution >= 4 is 18.3 Å². The van der Waals surface area contributed by atoms with Gasteiger partial charge in [-0.05, 0) is 38.1 Å². The van der Waals surface area contributed by atoms with Gasteiger partial charge >= 0.3 is 0 Å². The van der Waals surface area contributed by atoms with E-state index >= 15 is 0 Å². The Balaban J connectivity index is 0.00000144. The molecule has 2 aliphatic rings. The molecule has 0 bridgehead atoms. The van der Waals surface area contributed by atoms with Gasteiger partial charge in [-0.3, -0.25) is 4.79 Å². The van der Waals surface area contributed by atoms with Gasteiger partial charge in [0.15, 0.2) is 0 Å². The summed E-state index contributed by atoms with van der Waals surface area (Å²) >= 11 is 0. The molecule has 2 rings (SSSR count). The van der Waals surface area contributed by atoms with Crippen LogP contribution in [0, 0.1) is 5.92 Å². The molecule has 0 spiro atoms. The number of nitrogens with one attached hydrogen (secondary N) is 1. The first-order valence-electron chi connectivity index (χ1n) is 6.32. The van der Waals surface area contributed by atoms with Crippen LogP contribution in [-0.4, -0.2) is 50.2 Å². The first-order chi connectivity index (χ1) is 7.81. The lowest BCUT2D eigenvalue weighted by Gasteiger charge is -2.34. The second kappa shape index (κ2) is 7.19. The summed E-state index contributed by atoms with van der Waals surface area (Å²) in [7, 11) is 1.74. The fraction of sp³-hybridized carbons (Fsp3) is 0.917. The number of methoxy groups -OCH3 is 1. The molecule has 1 amide bonds. The molecule has 2 unspecified atom stereocenters. The van der Waals surface area contributed by atoms with Gasteiger partial charge in [-0.1, -0.05) is 0 Å². The van der Waals surface area contributed by atoms with Crippen molar-refractivity contribution in [2.45, 2.75) is 31.7 Å². The van der Waals surface area contributed by atoms with Crippen molar-refractivity contribution in [2.24, 2.45) is 5.92 Å². The minimum absolute atomic E-state index is 0. The van der Waals surface area contributed by atoms with Crippen molar-refractivity contribution in [1.82, 2.24) is 10.2 Å². The third kappa shape index (κ3) is 3.83. The van der Waals surface area contributed by atoms with Gasteiger partial charge < -0.3 is 15.0 Å². The molecule has 2 fully saturated rings. The van der Waals surface area contributed by atoms with Crippen molar-refractivity contribution in [3.8, 4) is 0 Å². The third-order valence-electron chi connectivity index (χ3n) is 3.59. The fourth-order valence-electron chi connectivity index (χ4n) is 2.75. The molecule has 2 saturated heterocycles. The maximum absolute atomic E-state index is 12.2. The molecule has 2 aliphatic heterocycles. The summed E-state index contributed by atoms with van der Waals surface area (Å²) in [6.07, 6.45) is 4.44. The van der Waals surface area contributed by atoms with Crippen LogP contribution in [0.2, 0.25) is 0 Å². The van der Waals surface area contributed by atoms with Crippen LogP contribution in [0.3, 0.4) is 0 Å². The van der Waals surface area contributed by atoms with Crippen molar-refractivity contribution in [2.75, 3.05) is 33.4 Å². The molecule has 0 aromatic carbocycles. The number of rotatable bonds is 3. The van der Waals surface area contributed by atoms with E-state index in [0.29, 0.717) is 11.8 Å². The van der Waals surface area contributed by atoms with Gasteiger partial charge in [-0.25, -0.2) is 0 Å². The van der Waals surface area contributed by atoms with E-state index in [-0.39, 0.29) is 18.4 Å². The number of hydrogen-bond donors (Lipinski definition) is 1. The number of halogens is 1. The van der Waals surface area contributed by atoms with E-state index in [1.54, 1.807) is 7.11 Å². The molecule has 0 radical (unpaired) electrons. The summed E-state index contributed by atoms with van der Waals surface area (Å²) in [6, 6.07) is 0.0845. The summed E-state index contributed by atoms with van der Waals surface area (Å²) in [5, 5.41) is 3.28. The lowest BCUT2D eigenvalue weighted by molar-refractivity contribution is -0.135. The Bertz CT molecular complexity index is 243. The zero-order valence-electron chi connectivity index (χ0n) is 10.5. The van der Waals surface area contributed by atoms with Crippen molar-refractivity contribution < 1.29 is 9.53 Å². The molecule has 0 aromatic heterocycles. The quantitative estimate of drug-likeness (QED) is 0.827. The van der Waals surface area contributed by atoms with Crippen LogP contribution in [0.15, 0.2) is 0 Å². The Morgan fingerprint density at radius 3 is 2.88 bits per heavy atom. The predicted octanol–water partition coefficient (Wildman–Crippen LogP) is 1.05. The van der Waals surface area contributed by atoms with E-state index in [9.17, 15) is 4.79 Å². The van der Waals surface area contributed by atoms with Gasteiger partial charge in [-0.2, -0.15) is 0 Å². The second-order valence-electron chi connectivity index (χ2n) is 4.90. The Morgan fingerprint density at radius 1 is 1.41 bits per heavy atom. The van der Waals surface area contributed by atoms with E-state index in [1.807, 2.05) is 4.90 Å². The summed E-state index contributed by atoms with van der Waals surface area (Å²) in [5.41, 5.74) is 0. The van der Waals surface area contributed by atoms with Crippen molar-refractivity contribution in [1.29, 1.82) is 0 Å². The maximum Gasteiger partial charge on any atom is 0.239 e. The second-order valence-corrected chi connectivity index (χ2v) is 4.90. The first-order valence-corrected chi connectivity index (χ1v) is 6.32. The van der Waals surface area contributed by atoms with Gasteiger partial charge in [0.2, 0.25) is 5.91 Å². The van der Waals surface area contributed by atoms with E-state index < -0.39 is 0 Å². The average Bonchev–Trinajstić information content (AvgIpc) is 2.82. The molecular formula is C12H23ClN2O2. The number of likely N-dealkylation sites (tertiary alicyclic amines) is 1. The molecule has 0 aromatic rings. The zero-order chi connectivity index (χ0) is 11.4. The predicted molar refractivity (Wildman–Crippen MR) is 69.5 cm³/mol. The summed E-state index contributed by atoms with van der Waals surface area (Å²) in [5.74, 6) is 0.836.